The van der Waals surface area contributed by atoms with Crippen LogP contribution in [0.4, 0.5) is 0 Å². The number of nitrogens with one attached hydrogen (secondary N) is 1. The van der Waals surface area contributed by atoms with E-state index in [0.717, 1.165) is 4.48 Å². The highest BCUT2D eigenvalue weighted by Crippen LogP contribution is 2.35. The maximum atomic E-state index is 11.3. The lowest BCUT2D eigenvalue weighted by molar-refractivity contribution is -0.120. The van der Waals surface area contributed by atoms with Crippen LogP contribution in [0.15, 0.2) is 19.1 Å². The van der Waals surface area contributed by atoms with Gasteiger partial charge in [0, 0.05) is 4.48 Å². The van der Waals surface area contributed by atoms with E-state index in [0.29, 0.717) is 10.4 Å². The van der Waals surface area contributed by atoms with E-state index >= 15 is 0 Å². The van der Waals surface area contributed by atoms with E-state index in [1.165, 1.54) is 6.34 Å². The van der Waals surface area contributed by atoms with Crippen LogP contribution in [0, 0.1) is 5.92 Å². The van der Waals surface area contributed by atoms with Crippen molar-refractivity contribution < 1.29 is 4.79 Å². The monoisotopic (exact) mass is 291 g/mol. The molecular weight excluding hydrogens is 290 g/mol. The third kappa shape index (κ3) is 1.06. The van der Waals surface area contributed by atoms with Gasteiger partial charge >= 0.3 is 0 Å². The molecule has 0 spiro atoms. The fraction of sp³-hybridized carbons (Fsp3) is 0.167. The van der Waals surface area contributed by atoms with Crippen LogP contribution in [0.3, 0.4) is 0 Å². The number of fused-ring (bicyclic) bond motifs is 1. The summed E-state index contributed by atoms with van der Waals surface area (Å²) in [7, 11) is 0. The Hall–Kier alpha value is -0.490. The highest BCUT2D eigenvalue weighted by Gasteiger charge is 2.35. The molecule has 12 heavy (non-hydrogen) atoms. The number of amides is 1. The summed E-state index contributed by atoms with van der Waals surface area (Å²) >= 11 is 6.48. The van der Waals surface area contributed by atoms with Crippen molar-refractivity contribution in [3.8, 4) is 0 Å². The molecular formula is C6H3Br2N3O. The first kappa shape index (κ1) is 8.12. The van der Waals surface area contributed by atoms with Gasteiger partial charge in [0.25, 0.3) is 0 Å². The van der Waals surface area contributed by atoms with Crippen LogP contribution in [0.2, 0.25) is 0 Å². The fourth-order valence-electron chi connectivity index (χ4n) is 1.03. The van der Waals surface area contributed by atoms with Crippen molar-refractivity contribution in [2.75, 3.05) is 0 Å². The number of hydrogen-bond donors (Lipinski definition) is 1. The van der Waals surface area contributed by atoms with Crippen molar-refractivity contribution in [2.45, 2.75) is 0 Å². The predicted molar refractivity (Wildman–Crippen MR) is 52.4 cm³/mol. The topological polar surface area (TPSA) is 53.8 Å². The van der Waals surface area contributed by atoms with Crippen LogP contribution >= 0.6 is 31.9 Å². The van der Waals surface area contributed by atoms with Gasteiger partial charge in [0.2, 0.25) is 5.91 Å². The molecule has 6 heteroatoms. The van der Waals surface area contributed by atoms with Crippen molar-refractivity contribution in [1.82, 2.24) is 5.32 Å². The molecule has 1 amide bonds. The minimum Gasteiger partial charge on any atom is -0.316 e. The van der Waals surface area contributed by atoms with Crippen LogP contribution in [-0.2, 0) is 4.79 Å². The second kappa shape index (κ2) is 2.77. The normalized spacial score (nSPS) is 27.0. The lowest BCUT2D eigenvalue weighted by Gasteiger charge is -2.12. The first-order valence-electron chi connectivity index (χ1n) is 3.17. The molecule has 4 nitrogen and oxygen atoms in total. The Labute approximate surface area is 85.1 Å². The molecule has 2 aliphatic rings. The van der Waals surface area contributed by atoms with Gasteiger partial charge in [0.15, 0.2) is 0 Å². The van der Waals surface area contributed by atoms with Gasteiger partial charge in [-0.05, 0) is 15.9 Å². The number of amidine groups is 1. The average Bonchev–Trinajstić information content (AvgIpc) is 2.29. The molecule has 2 heterocycles. The Kier molecular flexibility index (Phi) is 1.88. The Balaban J connectivity index is 2.47. The zero-order valence-corrected chi connectivity index (χ0v) is 8.89. The minimum atomic E-state index is -0.371. The van der Waals surface area contributed by atoms with E-state index in [1.807, 2.05) is 0 Å². The Morgan fingerprint density at radius 1 is 1.50 bits per heavy atom. The summed E-state index contributed by atoms with van der Waals surface area (Å²) in [6.45, 7) is 0. The molecule has 0 bridgehead atoms. The zero-order chi connectivity index (χ0) is 8.72. The third-order valence-corrected chi connectivity index (χ3v) is 3.56. The number of halogens is 2. The van der Waals surface area contributed by atoms with Gasteiger partial charge in [-0.15, -0.1) is 0 Å². The molecule has 1 unspecified atom stereocenters. The van der Waals surface area contributed by atoms with Crippen LogP contribution in [0.5, 0.6) is 0 Å². The second-order valence-electron chi connectivity index (χ2n) is 2.31. The molecule has 0 aromatic carbocycles. The van der Waals surface area contributed by atoms with Gasteiger partial charge in [-0.2, -0.15) is 0 Å². The first-order chi connectivity index (χ1) is 5.70. The van der Waals surface area contributed by atoms with E-state index in [2.05, 4.69) is 47.2 Å². The van der Waals surface area contributed by atoms with Gasteiger partial charge in [0.1, 0.15) is 16.4 Å². The van der Waals surface area contributed by atoms with Crippen LogP contribution in [-0.4, -0.2) is 18.1 Å². The molecule has 0 aliphatic carbocycles. The quantitative estimate of drug-likeness (QED) is 0.669. The molecule has 2 aliphatic heterocycles. The Morgan fingerprint density at radius 3 is 2.92 bits per heavy atom. The Bertz CT molecular complexity index is 345. The van der Waals surface area contributed by atoms with E-state index in [9.17, 15) is 4.79 Å². The molecule has 0 aromatic heterocycles. The SMILES string of the molecule is O=C1NC=NC2=NC(Br)=C(Br)C12. The number of rotatable bonds is 0. The van der Waals surface area contributed by atoms with Gasteiger partial charge in [0.05, 0.1) is 6.34 Å². The number of nitrogens with zero attached hydrogens (tertiary/aromatic N) is 2. The standard InChI is InChI=1S/C6H3Br2N3O/c7-3-2-5(11-4(3)8)9-1-10-6(2)12/h1-2H,(H,9,10,11,12). The zero-order valence-electron chi connectivity index (χ0n) is 5.71. The summed E-state index contributed by atoms with van der Waals surface area (Å²) in [5.41, 5.74) is 0. The molecule has 0 fully saturated rings. The van der Waals surface area contributed by atoms with Crippen LogP contribution < -0.4 is 5.32 Å². The molecule has 1 atom stereocenters. The first-order valence-corrected chi connectivity index (χ1v) is 4.75. The molecule has 1 N–H and O–H groups in total. The minimum absolute atomic E-state index is 0.106. The summed E-state index contributed by atoms with van der Waals surface area (Å²) < 4.78 is 1.36. The molecule has 0 saturated heterocycles. The van der Waals surface area contributed by atoms with Gasteiger partial charge < -0.3 is 5.32 Å². The van der Waals surface area contributed by atoms with Crippen molar-refractivity contribution in [3.63, 3.8) is 0 Å². The van der Waals surface area contributed by atoms with Gasteiger partial charge in [-0.25, -0.2) is 9.98 Å². The van der Waals surface area contributed by atoms with Crippen molar-refractivity contribution in [3.05, 3.63) is 9.09 Å². The number of carbonyl (C=O) groups excluding carboxylic acids is 1. The van der Waals surface area contributed by atoms with Gasteiger partial charge in [-0.3, -0.25) is 4.79 Å². The smallest absolute Gasteiger partial charge is 0.241 e. The number of carbonyl (C=O) groups is 1. The highest BCUT2D eigenvalue weighted by molar-refractivity contribution is 9.14. The fourth-order valence-corrected chi connectivity index (χ4v) is 1.94. The van der Waals surface area contributed by atoms with E-state index in [1.54, 1.807) is 0 Å². The summed E-state index contributed by atoms with van der Waals surface area (Å²) in [5, 5.41) is 2.51. The van der Waals surface area contributed by atoms with E-state index in [-0.39, 0.29) is 11.8 Å². The molecule has 0 radical (unpaired) electrons. The summed E-state index contributed by atoms with van der Waals surface area (Å²) in [4.78, 5) is 19.2. The van der Waals surface area contributed by atoms with Crippen molar-refractivity contribution in [2.24, 2.45) is 15.9 Å². The van der Waals surface area contributed by atoms with E-state index < -0.39 is 0 Å². The number of hydrogen-bond acceptors (Lipinski definition) is 3. The lowest BCUT2D eigenvalue weighted by atomic mass is 10.1. The van der Waals surface area contributed by atoms with E-state index in [4.69, 9.17) is 0 Å². The lowest BCUT2D eigenvalue weighted by Crippen LogP contribution is -2.37. The number of aliphatic imine (C=N–C) groups is 2. The molecule has 0 saturated carbocycles. The largest absolute Gasteiger partial charge is 0.316 e. The Morgan fingerprint density at radius 2 is 2.25 bits per heavy atom. The second-order valence-corrected chi connectivity index (χ2v) is 3.91. The summed E-state index contributed by atoms with van der Waals surface area (Å²) in [6.07, 6.45) is 1.35. The van der Waals surface area contributed by atoms with Crippen LogP contribution in [0.1, 0.15) is 0 Å². The maximum absolute atomic E-state index is 11.3. The average molecular weight is 293 g/mol. The molecule has 2 rings (SSSR count). The van der Waals surface area contributed by atoms with Crippen molar-refractivity contribution in [1.29, 1.82) is 0 Å². The van der Waals surface area contributed by atoms with Gasteiger partial charge in [-0.1, -0.05) is 15.9 Å². The van der Waals surface area contributed by atoms with Crippen LogP contribution in [0.25, 0.3) is 0 Å². The summed E-state index contributed by atoms with van der Waals surface area (Å²) in [6, 6.07) is 0. The molecule has 0 aromatic rings. The molecule has 62 valence electrons. The predicted octanol–water partition coefficient (Wildman–Crippen LogP) is 1.13. The third-order valence-electron chi connectivity index (χ3n) is 1.59. The highest BCUT2D eigenvalue weighted by atomic mass is 79.9. The maximum Gasteiger partial charge on any atom is 0.241 e. The van der Waals surface area contributed by atoms with Crippen molar-refractivity contribution >= 4 is 49.9 Å². The summed E-state index contributed by atoms with van der Waals surface area (Å²) in [5.74, 6) is 0.0481.